The van der Waals surface area contributed by atoms with E-state index in [-0.39, 0.29) is 11.6 Å². The first-order valence-corrected chi connectivity index (χ1v) is 6.03. The molecule has 0 saturated heterocycles. The lowest BCUT2D eigenvalue weighted by Crippen LogP contribution is -2.12. The van der Waals surface area contributed by atoms with Gasteiger partial charge in [0.25, 0.3) is 5.91 Å². The number of fused-ring (bicyclic) bond motifs is 1. The molecular formula is C13H9N7O. The van der Waals surface area contributed by atoms with E-state index in [1.54, 1.807) is 42.7 Å². The molecule has 8 nitrogen and oxygen atoms in total. The number of nitrogens with zero attached hydrogens (tertiary/aromatic N) is 5. The second kappa shape index (κ2) is 5.32. The normalized spacial score (nSPS) is 10.1. The summed E-state index contributed by atoms with van der Waals surface area (Å²) in [6.45, 7) is 0. The minimum Gasteiger partial charge on any atom is -0.321 e. The average molecular weight is 279 g/mol. The van der Waals surface area contributed by atoms with Gasteiger partial charge in [-0.3, -0.25) is 9.89 Å². The van der Waals surface area contributed by atoms with Gasteiger partial charge >= 0.3 is 0 Å². The van der Waals surface area contributed by atoms with Gasteiger partial charge in [-0.05, 0) is 17.7 Å². The fourth-order valence-electron chi connectivity index (χ4n) is 1.95. The maximum Gasteiger partial charge on any atom is 0.256 e. The topological polar surface area (TPSA) is 119 Å². The summed E-state index contributed by atoms with van der Waals surface area (Å²) in [4.78, 5) is 19.1. The molecule has 0 saturated carbocycles. The van der Waals surface area contributed by atoms with Crippen LogP contribution in [0.5, 0.6) is 0 Å². The number of H-pyrrole nitrogens is 1. The third-order valence-corrected chi connectivity index (χ3v) is 2.90. The Morgan fingerprint density at radius 3 is 3.05 bits per heavy atom. The fourth-order valence-corrected chi connectivity index (χ4v) is 1.95. The molecule has 1 amide bonds. The van der Waals surface area contributed by atoms with Gasteiger partial charge in [0.2, 0.25) is 0 Å². The van der Waals surface area contributed by atoms with Crippen LogP contribution in [-0.2, 0) is 0 Å². The van der Waals surface area contributed by atoms with Gasteiger partial charge in [-0.2, -0.15) is 5.10 Å². The number of pyridine rings is 1. The molecule has 1 aromatic carbocycles. The largest absolute Gasteiger partial charge is 0.321 e. The molecule has 0 aliphatic heterocycles. The molecule has 2 aromatic heterocycles. The lowest BCUT2D eigenvalue weighted by atomic mass is 10.1. The Morgan fingerprint density at radius 1 is 1.33 bits per heavy atom. The molecule has 0 radical (unpaired) electrons. The van der Waals surface area contributed by atoms with Crippen molar-refractivity contribution < 1.29 is 4.79 Å². The Labute approximate surface area is 118 Å². The molecule has 3 rings (SSSR count). The van der Waals surface area contributed by atoms with Crippen LogP contribution in [0, 0.1) is 0 Å². The summed E-state index contributed by atoms with van der Waals surface area (Å²) in [7, 11) is 0. The van der Waals surface area contributed by atoms with E-state index >= 15 is 0 Å². The Hall–Kier alpha value is -3.38. The zero-order chi connectivity index (χ0) is 14.7. The Morgan fingerprint density at radius 2 is 2.19 bits per heavy atom. The number of hydrogen-bond acceptors (Lipinski definition) is 4. The Bertz CT molecular complexity index is 864. The van der Waals surface area contributed by atoms with Crippen LogP contribution in [0.15, 0.2) is 47.8 Å². The van der Waals surface area contributed by atoms with E-state index in [1.165, 1.54) is 0 Å². The quantitative estimate of drug-likeness (QED) is 0.435. The zero-order valence-electron chi connectivity index (χ0n) is 10.7. The van der Waals surface area contributed by atoms with Crippen LogP contribution in [0.4, 0.5) is 11.4 Å². The maximum absolute atomic E-state index is 12.3. The van der Waals surface area contributed by atoms with Gasteiger partial charge in [-0.25, -0.2) is 4.98 Å². The third kappa shape index (κ3) is 2.38. The highest BCUT2D eigenvalue weighted by Crippen LogP contribution is 2.23. The SMILES string of the molecule is [N-]=[N+]=Nc1ccccc1C(=O)Nc1ccnc2[nH]ncc12. The second-order valence-electron chi connectivity index (χ2n) is 4.15. The van der Waals surface area contributed by atoms with Crippen molar-refractivity contribution in [2.45, 2.75) is 0 Å². The summed E-state index contributed by atoms with van der Waals surface area (Å²) in [5.74, 6) is -0.369. The third-order valence-electron chi connectivity index (χ3n) is 2.90. The summed E-state index contributed by atoms with van der Waals surface area (Å²) in [6, 6.07) is 8.24. The van der Waals surface area contributed by atoms with Crippen LogP contribution in [0.25, 0.3) is 21.5 Å². The van der Waals surface area contributed by atoms with Gasteiger partial charge in [0.1, 0.15) is 0 Å². The van der Waals surface area contributed by atoms with E-state index in [2.05, 4.69) is 30.5 Å². The van der Waals surface area contributed by atoms with E-state index in [1.807, 2.05) is 0 Å². The lowest BCUT2D eigenvalue weighted by Gasteiger charge is -2.07. The molecule has 0 fully saturated rings. The molecule has 0 aliphatic rings. The van der Waals surface area contributed by atoms with Crippen molar-refractivity contribution in [2.75, 3.05) is 5.32 Å². The molecule has 21 heavy (non-hydrogen) atoms. The molecule has 0 spiro atoms. The standard InChI is InChI=1S/C13H9N7O/c14-20-18-11-4-2-1-3-8(11)13(21)17-10-5-6-15-12-9(10)7-16-19-12/h1-7H,(H2,15,16,17,19,21). The molecule has 0 atom stereocenters. The van der Waals surface area contributed by atoms with Gasteiger partial charge in [0, 0.05) is 16.7 Å². The monoisotopic (exact) mass is 279 g/mol. The number of azide groups is 1. The minimum absolute atomic E-state index is 0.273. The van der Waals surface area contributed by atoms with Crippen LogP contribution in [0.2, 0.25) is 0 Å². The summed E-state index contributed by atoms with van der Waals surface area (Å²) in [5, 5.41) is 13.6. The average Bonchev–Trinajstić information content (AvgIpc) is 2.98. The number of carbonyl (C=O) groups excluding carboxylic acids is 1. The number of anilines is 1. The van der Waals surface area contributed by atoms with E-state index in [0.29, 0.717) is 22.3 Å². The smallest absolute Gasteiger partial charge is 0.256 e. The summed E-state index contributed by atoms with van der Waals surface area (Å²) in [5.41, 5.74) is 10.3. The van der Waals surface area contributed by atoms with Crippen LogP contribution < -0.4 is 5.32 Å². The van der Waals surface area contributed by atoms with Gasteiger partial charge in [0.15, 0.2) is 5.65 Å². The van der Waals surface area contributed by atoms with Crippen LogP contribution in [0.3, 0.4) is 0 Å². The van der Waals surface area contributed by atoms with Gasteiger partial charge in [-0.1, -0.05) is 23.3 Å². The number of amides is 1. The van der Waals surface area contributed by atoms with Gasteiger partial charge in [0.05, 0.1) is 23.0 Å². The van der Waals surface area contributed by atoms with Crippen LogP contribution in [0.1, 0.15) is 10.4 Å². The number of carbonyl (C=O) groups is 1. The molecule has 2 N–H and O–H groups in total. The number of rotatable bonds is 3. The van der Waals surface area contributed by atoms with Crippen molar-refractivity contribution in [1.82, 2.24) is 15.2 Å². The highest BCUT2D eigenvalue weighted by molar-refractivity contribution is 6.10. The highest BCUT2D eigenvalue weighted by Gasteiger charge is 2.12. The number of aromatic amines is 1. The number of nitrogens with one attached hydrogen (secondary N) is 2. The summed E-state index contributed by atoms with van der Waals surface area (Å²) in [6.07, 6.45) is 3.15. The van der Waals surface area contributed by atoms with Crippen molar-refractivity contribution in [2.24, 2.45) is 5.11 Å². The number of benzene rings is 1. The van der Waals surface area contributed by atoms with Crippen molar-refractivity contribution in [3.8, 4) is 0 Å². The van der Waals surface area contributed by atoms with Crippen molar-refractivity contribution in [1.29, 1.82) is 0 Å². The first kappa shape index (κ1) is 12.6. The van der Waals surface area contributed by atoms with E-state index in [4.69, 9.17) is 5.53 Å². The molecule has 0 bridgehead atoms. The summed E-state index contributed by atoms with van der Waals surface area (Å²) < 4.78 is 0. The zero-order valence-corrected chi connectivity index (χ0v) is 10.7. The van der Waals surface area contributed by atoms with Crippen LogP contribution >= 0.6 is 0 Å². The minimum atomic E-state index is -0.369. The van der Waals surface area contributed by atoms with Gasteiger partial charge < -0.3 is 5.32 Å². The van der Waals surface area contributed by atoms with Crippen molar-refractivity contribution in [3.63, 3.8) is 0 Å². The van der Waals surface area contributed by atoms with Crippen molar-refractivity contribution >= 4 is 28.3 Å². The first-order valence-electron chi connectivity index (χ1n) is 6.03. The predicted molar refractivity (Wildman–Crippen MR) is 77.1 cm³/mol. The molecule has 2 heterocycles. The van der Waals surface area contributed by atoms with E-state index < -0.39 is 0 Å². The lowest BCUT2D eigenvalue weighted by molar-refractivity contribution is 0.102. The number of aromatic nitrogens is 3. The summed E-state index contributed by atoms with van der Waals surface area (Å²) >= 11 is 0. The Kier molecular flexibility index (Phi) is 3.20. The molecule has 3 aromatic rings. The van der Waals surface area contributed by atoms with Crippen LogP contribution in [-0.4, -0.2) is 21.1 Å². The molecule has 0 aliphatic carbocycles. The fraction of sp³-hybridized carbons (Fsp3) is 0. The van der Waals surface area contributed by atoms with E-state index in [9.17, 15) is 4.79 Å². The molecule has 0 unspecified atom stereocenters. The molecular weight excluding hydrogens is 270 g/mol. The van der Waals surface area contributed by atoms with Gasteiger partial charge in [-0.15, -0.1) is 0 Å². The second-order valence-corrected chi connectivity index (χ2v) is 4.15. The van der Waals surface area contributed by atoms with Crippen molar-refractivity contribution in [3.05, 3.63) is 58.7 Å². The Balaban J connectivity index is 1.97. The maximum atomic E-state index is 12.3. The molecule has 8 heteroatoms. The number of hydrogen-bond donors (Lipinski definition) is 2. The van der Waals surface area contributed by atoms with E-state index in [0.717, 1.165) is 0 Å². The highest BCUT2D eigenvalue weighted by atomic mass is 16.1. The predicted octanol–water partition coefficient (Wildman–Crippen LogP) is 3.15. The molecule has 102 valence electrons. The first-order chi connectivity index (χ1) is 10.3.